The Morgan fingerprint density at radius 2 is 2.00 bits per heavy atom. The molecule has 1 aliphatic heterocycles. The summed E-state index contributed by atoms with van der Waals surface area (Å²) >= 11 is 0. The molecule has 1 aromatic carbocycles. The third kappa shape index (κ3) is 4.79. The van der Waals surface area contributed by atoms with E-state index in [4.69, 9.17) is 4.74 Å². The van der Waals surface area contributed by atoms with E-state index in [0.717, 1.165) is 31.8 Å². The quantitative estimate of drug-likeness (QED) is 0.840. The first kappa shape index (κ1) is 17.4. The molecule has 1 aromatic heterocycles. The van der Waals surface area contributed by atoms with Gasteiger partial charge in [-0.15, -0.1) is 0 Å². The third-order valence-corrected chi connectivity index (χ3v) is 4.47. The third-order valence-electron chi connectivity index (χ3n) is 4.47. The highest BCUT2D eigenvalue weighted by Gasteiger charge is 2.16. The van der Waals surface area contributed by atoms with E-state index in [2.05, 4.69) is 34.1 Å². The average Bonchev–Trinajstić information content (AvgIpc) is 2.81. The molecule has 1 aliphatic rings. The fourth-order valence-corrected chi connectivity index (χ4v) is 3.01. The standard InChI is InChI=1S/C20H25N3O2/c1-22(2)20(24)6-4-16-3-5-19-18(13-16)15-23(11-12-25-19)14-17-7-9-21-10-8-17/h3,5,7-10,13H,4,6,11-12,14-15H2,1-2H3. The van der Waals surface area contributed by atoms with Gasteiger partial charge in [-0.2, -0.15) is 0 Å². The van der Waals surface area contributed by atoms with Gasteiger partial charge >= 0.3 is 0 Å². The van der Waals surface area contributed by atoms with Crippen molar-refractivity contribution < 1.29 is 9.53 Å². The second-order valence-corrected chi connectivity index (χ2v) is 6.64. The molecule has 5 nitrogen and oxygen atoms in total. The molecule has 0 radical (unpaired) electrons. The molecule has 2 heterocycles. The number of fused-ring (bicyclic) bond motifs is 1. The van der Waals surface area contributed by atoms with Crippen LogP contribution in [0.2, 0.25) is 0 Å². The van der Waals surface area contributed by atoms with Crippen LogP contribution >= 0.6 is 0 Å². The number of carbonyl (C=O) groups excluding carboxylic acids is 1. The van der Waals surface area contributed by atoms with E-state index in [1.165, 1.54) is 16.7 Å². The van der Waals surface area contributed by atoms with Crippen LogP contribution in [0.15, 0.2) is 42.7 Å². The van der Waals surface area contributed by atoms with E-state index >= 15 is 0 Å². The Morgan fingerprint density at radius 3 is 2.76 bits per heavy atom. The summed E-state index contributed by atoms with van der Waals surface area (Å²) < 4.78 is 5.91. The van der Waals surface area contributed by atoms with Crippen LogP contribution in [0.1, 0.15) is 23.1 Å². The monoisotopic (exact) mass is 339 g/mol. The molecule has 5 heteroatoms. The summed E-state index contributed by atoms with van der Waals surface area (Å²) in [6, 6.07) is 10.4. The van der Waals surface area contributed by atoms with Crippen LogP contribution in [0.4, 0.5) is 0 Å². The van der Waals surface area contributed by atoms with E-state index in [9.17, 15) is 4.79 Å². The molecule has 0 saturated carbocycles. The van der Waals surface area contributed by atoms with Crippen molar-refractivity contribution in [2.75, 3.05) is 27.2 Å². The molecule has 0 saturated heterocycles. The molecular formula is C20H25N3O2. The normalized spacial score (nSPS) is 14.3. The topological polar surface area (TPSA) is 45.7 Å². The summed E-state index contributed by atoms with van der Waals surface area (Å²) in [5.41, 5.74) is 3.64. The van der Waals surface area contributed by atoms with Crippen molar-refractivity contribution in [3.8, 4) is 5.75 Å². The zero-order chi connectivity index (χ0) is 17.6. The molecule has 0 N–H and O–H groups in total. The molecule has 0 spiro atoms. The highest BCUT2D eigenvalue weighted by Crippen LogP contribution is 2.25. The van der Waals surface area contributed by atoms with Crippen LogP contribution in [0, 0.1) is 0 Å². The molecule has 25 heavy (non-hydrogen) atoms. The molecule has 3 rings (SSSR count). The van der Waals surface area contributed by atoms with Gasteiger partial charge in [0.05, 0.1) is 0 Å². The Morgan fingerprint density at radius 1 is 1.20 bits per heavy atom. The van der Waals surface area contributed by atoms with Crippen LogP contribution < -0.4 is 4.74 Å². The number of hydrogen-bond donors (Lipinski definition) is 0. The number of amides is 1. The molecule has 0 unspecified atom stereocenters. The molecule has 0 fully saturated rings. The van der Waals surface area contributed by atoms with E-state index in [-0.39, 0.29) is 5.91 Å². The van der Waals surface area contributed by atoms with Crippen molar-refractivity contribution in [1.29, 1.82) is 0 Å². The maximum Gasteiger partial charge on any atom is 0.222 e. The number of pyridine rings is 1. The Labute approximate surface area is 149 Å². The lowest BCUT2D eigenvalue weighted by Crippen LogP contribution is -2.25. The zero-order valence-electron chi connectivity index (χ0n) is 14.9. The van der Waals surface area contributed by atoms with Gasteiger partial charge in [-0.3, -0.25) is 14.7 Å². The fourth-order valence-electron chi connectivity index (χ4n) is 3.01. The summed E-state index contributed by atoms with van der Waals surface area (Å²) in [4.78, 5) is 19.9. The number of benzene rings is 1. The SMILES string of the molecule is CN(C)C(=O)CCc1ccc2c(c1)CN(Cc1ccncc1)CCO2. The van der Waals surface area contributed by atoms with E-state index in [1.54, 1.807) is 19.0 Å². The first-order valence-corrected chi connectivity index (χ1v) is 8.68. The average molecular weight is 339 g/mol. The molecule has 132 valence electrons. The lowest BCUT2D eigenvalue weighted by molar-refractivity contribution is -0.128. The first-order valence-electron chi connectivity index (χ1n) is 8.68. The Balaban J connectivity index is 1.68. The predicted octanol–water partition coefficient (Wildman–Crippen LogP) is 2.50. The van der Waals surface area contributed by atoms with Gasteiger partial charge in [0, 0.05) is 58.1 Å². The minimum Gasteiger partial charge on any atom is -0.492 e. The van der Waals surface area contributed by atoms with Crippen LogP contribution in [-0.4, -0.2) is 47.9 Å². The lowest BCUT2D eigenvalue weighted by Gasteiger charge is -2.19. The number of ether oxygens (including phenoxy) is 1. The second-order valence-electron chi connectivity index (χ2n) is 6.64. The molecule has 2 aromatic rings. The van der Waals surface area contributed by atoms with Crippen LogP contribution in [-0.2, 0) is 24.3 Å². The van der Waals surface area contributed by atoms with Gasteiger partial charge in [-0.1, -0.05) is 12.1 Å². The van der Waals surface area contributed by atoms with Crippen LogP contribution in [0.25, 0.3) is 0 Å². The minimum atomic E-state index is 0.158. The summed E-state index contributed by atoms with van der Waals surface area (Å²) in [7, 11) is 3.59. The van der Waals surface area contributed by atoms with E-state index in [0.29, 0.717) is 13.0 Å². The van der Waals surface area contributed by atoms with Gasteiger partial charge in [0.1, 0.15) is 12.4 Å². The summed E-state index contributed by atoms with van der Waals surface area (Å²) in [5, 5.41) is 0. The smallest absolute Gasteiger partial charge is 0.222 e. The largest absolute Gasteiger partial charge is 0.492 e. The van der Waals surface area contributed by atoms with Crippen molar-refractivity contribution in [3.05, 3.63) is 59.4 Å². The van der Waals surface area contributed by atoms with Crippen molar-refractivity contribution in [1.82, 2.24) is 14.8 Å². The van der Waals surface area contributed by atoms with Crippen molar-refractivity contribution in [3.63, 3.8) is 0 Å². The number of nitrogens with zero attached hydrogens (tertiary/aromatic N) is 3. The van der Waals surface area contributed by atoms with Crippen molar-refractivity contribution >= 4 is 5.91 Å². The maximum absolute atomic E-state index is 11.8. The number of rotatable bonds is 5. The predicted molar refractivity (Wildman–Crippen MR) is 97.3 cm³/mol. The van der Waals surface area contributed by atoms with Gasteiger partial charge in [0.25, 0.3) is 0 Å². The molecule has 1 amide bonds. The zero-order valence-corrected chi connectivity index (χ0v) is 14.9. The second kappa shape index (κ2) is 8.12. The number of hydrogen-bond acceptors (Lipinski definition) is 4. The van der Waals surface area contributed by atoms with E-state index in [1.807, 2.05) is 18.5 Å². The summed E-state index contributed by atoms with van der Waals surface area (Å²) in [5.74, 6) is 1.12. The van der Waals surface area contributed by atoms with Gasteiger partial charge in [0.15, 0.2) is 0 Å². The summed E-state index contributed by atoms with van der Waals surface area (Å²) in [6.07, 6.45) is 4.96. The number of aryl methyl sites for hydroxylation is 1. The highest BCUT2D eigenvalue weighted by atomic mass is 16.5. The van der Waals surface area contributed by atoms with E-state index < -0.39 is 0 Å². The fraction of sp³-hybridized carbons (Fsp3) is 0.400. The van der Waals surface area contributed by atoms with Gasteiger partial charge in [-0.05, 0) is 35.7 Å². The van der Waals surface area contributed by atoms with Crippen LogP contribution in [0.5, 0.6) is 5.75 Å². The van der Waals surface area contributed by atoms with Gasteiger partial charge < -0.3 is 9.64 Å². The Bertz CT molecular complexity index is 716. The Hall–Kier alpha value is -2.40. The minimum absolute atomic E-state index is 0.158. The van der Waals surface area contributed by atoms with Gasteiger partial charge in [-0.25, -0.2) is 0 Å². The van der Waals surface area contributed by atoms with Gasteiger partial charge in [0.2, 0.25) is 5.91 Å². The molecule has 0 aliphatic carbocycles. The molecule has 0 bridgehead atoms. The molecular weight excluding hydrogens is 314 g/mol. The maximum atomic E-state index is 11.8. The van der Waals surface area contributed by atoms with Crippen molar-refractivity contribution in [2.24, 2.45) is 0 Å². The van der Waals surface area contributed by atoms with Crippen molar-refractivity contribution in [2.45, 2.75) is 25.9 Å². The lowest BCUT2D eigenvalue weighted by atomic mass is 10.0. The highest BCUT2D eigenvalue weighted by molar-refractivity contribution is 5.75. The number of carbonyl (C=O) groups is 1. The number of aromatic nitrogens is 1. The first-order chi connectivity index (χ1) is 12.1. The van der Waals surface area contributed by atoms with Crippen LogP contribution in [0.3, 0.4) is 0 Å². The molecule has 0 atom stereocenters. The summed E-state index contributed by atoms with van der Waals surface area (Å²) in [6.45, 7) is 3.32. The Kier molecular flexibility index (Phi) is 5.66.